The van der Waals surface area contributed by atoms with Crippen LogP contribution in [0.1, 0.15) is 36.1 Å². The maximum absolute atomic E-state index is 13.4. The number of hydrogen-bond acceptors (Lipinski definition) is 8. The van der Waals surface area contributed by atoms with Gasteiger partial charge in [0.2, 0.25) is 0 Å². The Morgan fingerprint density at radius 2 is 1.73 bits per heavy atom. The third-order valence-corrected chi connectivity index (χ3v) is 6.92. The Bertz CT molecular complexity index is 1430. The Morgan fingerprint density at radius 3 is 2.49 bits per heavy atom. The van der Waals surface area contributed by atoms with Crippen LogP contribution in [-0.4, -0.2) is 61.8 Å². The van der Waals surface area contributed by atoms with Gasteiger partial charge in [-0.25, -0.2) is 0 Å². The zero-order valence-corrected chi connectivity index (χ0v) is 23.1. The number of carbonyl (C=O) groups excluding carboxylic acids is 2. The number of ketones is 1. The first kappa shape index (κ1) is 28.0. The van der Waals surface area contributed by atoms with Gasteiger partial charge in [0.15, 0.2) is 23.0 Å². The van der Waals surface area contributed by atoms with Gasteiger partial charge in [0, 0.05) is 25.8 Å². The van der Waals surface area contributed by atoms with Gasteiger partial charge >= 0.3 is 0 Å². The molecule has 9 nitrogen and oxygen atoms in total. The highest BCUT2D eigenvalue weighted by molar-refractivity contribution is 6.46. The molecule has 0 spiro atoms. The van der Waals surface area contributed by atoms with Crippen LogP contribution in [0.3, 0.4) is 0 Å². The van der Waals surface area contributed by atoms with Gasteiger partial charge in [-0.05, 0) is 54.8 Å². The number of benzene rings is 3. The van der Waals surface area contributed by atoms with Gasteiger partial charge in [0.1, 0.15) is 25.6 Å². The number of amides is 1. The van der Waals surface area contributed by atoms with Crippen LogP contribution in [0.15, 0.2) is 72.3 Å². The van der Waals surface area contributed by atoms with Crippen molar-refractivity contribution in [3.8, 4) is 23.0 Å². The van der Waals surface area contributed by atoms with Gasteiger partial charge in [0.25, 0.3) is 11.7 Å². The lowest BCUT2D eigenvalue weighted by Gasteiger charge is -2.26. The van der Waals surface area contributed by atoms with Gasteiger partial charge in [-0.15, -0.1) is 0 Å². The molecule has 0 aliphatic carbocycles. The molecule has 2 aliphatic rings. The van der Waals surface area contributed by atoms with Gasteiger partial charge in [-0.1, -0.05) is 36.4 Å². The lowest BCUT2D eigenvalue weighted by Crippen LogP contribution is -2.31. The minimum Gasteiger partial charge on any atom is -0.507 e. The molecule has 3 aromatic rings. The van der Waals surface area contributed by atoms with E-state index in [1.807, 2.05) is 37.3 Å². The molecule has 1 amide bonds. The van der Waals surface area contributed by atoms with E-state index in [1.54, 1.807) is 43.5 Å². The van der Waals surface area contributed by atoms with Crippen molar-refractivity contribution in [3.63, 3.8) is 0 Å². The highest BCUT2D eigenvalue weighted by Crippen LogP contribution is 2.43. The normalized spacial score (nSPS) is 17.5. The zero-order valence-electron chi connectivity index (χ0n) is 23.1. The Morgan fingerprint density at radius 1 is 0.951 bits per heavy atom. The number of methoxy groups -OCH3 is 1. The summed E-state index contributed by atoms with van der Waals surface area (Å²) < 4.78 is 28.4. The molecule has 9 heteroatoms. The summed E-state index contributed by atoms with van der Waals surface area (Å²) in [5.74, 6) is 0.281. The standard InChI is InChI=1S/C32H33NO8/c1-3-38-26-18-22(10-12-25(26)41-20-21-8-5-4-6-9-21)29-28(31(35)32(36)33(29)14-7-15-37-2)30(34)23-11-13-24-27(19-23)40-17-16-39-24/h4-6,8-13,18-19,29,34H,3,7,14-17,20H2,1-2H3/b30-28+/t29-/m1/s1. The highest BCUT2D eigenvalue weighted by atomic mass is 16.6. The summed E-state index contributed by atoms with van der Waals surface area (Å²) >= 11 is 0. The second-order valence-electron chi connectivity index (χ2n) is 9.61. The number of fused-ring (bicyclic) bond motifs is 1. The molecule has 0 saturated carbocycles. The molecule has 1 atom stereocenters. The average Bonchev–Trinajstić information content (AvgIpc) is 3.25. The van der Waals surface area contributed by atoms with Gasteiger partial charge in [-0.3, -0.25) is 9.59 Å². The third kappa shape index (κ3) is 6.00. The van der Waals surface area contributed by atoms with Crippen molar-refractivity contribution in [2.45, 2.75) is 26.0 Å². The molecule has 0 bridgehead atoms. The maximum atomic E-state index is 13.4. The zero-order chi connectivity index (χ0) is 28.8. The van der Waals surface area contributed by atoms with Crippen molar-refractivity contribution in [1.82, 2.24) is 4.90 Å². The monoisotopic (exact) mass is 559 g/mol. The molecule has 3 aromatic carbocycles. The lowest BCUT2D eigenvalue weighted by molar-refractivity contribution is -0.140. The van der Waals surface area contributed by atoms with E-state index >= 15 is 0 Å². The van der Waals surface area contributed by atoms with Gasteiger partial charge < -0.3 is 33.7 Å². The summed E-state index contributed by atoms with van der Waals surface area (Å²) in [6, 6.07) is 19.2. The Balaban J connectivity index is 1.55. The lowest BCUT2D eigenvalue weighted by atomic mass is 9.94. The molecule has 1 fully saturated rings. The van der Waals surface area contributed by atoms with E-state index in [0.717, 1.165) is 5.56 Å². The molecule has 0 radical (unpaired) electrons. The molecule has 2 heterocycles. The van der Waals surface area contributed by atoms with Crippen LogP contribution < -0.4 is 18.9 Å². The third-order valence-electron chi connectivity index (χ3n) is 6.92. The molecule has 1 N–H and O–H groups in total. The van der Waals surface area contributed by atoms with Crippen molar-refractivity contribution >= 4 is 17.4 Å². The van der Waals surface area contributed by atoms with E-state index in [4.69, 9.17) is 23.7 Å². The molecular formula is C32H33NO8. The van der Waals surface area contributed by atoms with E-state index in [0.29, 0.717) is 73.6 Å². The number of Topliss-reactive ketones (excluding diaryl/α,β-unsaturated/α-hetero) is 1. The van der Waals surface area contributed by atoms with Crippen molar-refractivity contribution < 1.29 is 38.4 Å². The van der Waals surface area contributed by atoms with Crippen molar-refractivity contribution in [3.05, 3.63) is 89.0 Å². The minimum atomic E-state index is -0.845. The minimum absolute atomic E-state index is 0.00972. The van der Waals surface area contributed by atoms with Crippen LogP contribution in [0.5, 0.6) is 23.0 Å². The Kier molecular flexibility index (Phi) is 8.74. The summed E-state index contributed by atoms with van der Waals surface area (Å²) in [5, 5.41) is 11.5. The second-order valence-corrected chi connectivity index (χ2v) is 9.61. The van der Waals surface area contributed by atoms with Crippen LogP contribution in [0, 0.1) is 0 Å². The Labute approximate surface area is 238 Å². The first-order valence-corrected chi connectivity index (χ1v) is 13.6. The molecule has 0 aromatic heterocycles. The highest BCUT2D eigenvalue weighted by Gasteiger charge is 2.46. The van der Waals surface area contributed by atoms with Gasteiger partial charge in [-0.2, -0.15) is 0 Å². The van der Waals surface area contributed by atoms with Crippen molar-refractivity contribution in [2.24, 2.45) is 0 Å². The number of ether oxygens (including phenoxy) is 5. The summed E-state index contributed by atoms with van der Waals surface area (Å²) in [7, 11) is 1.58. The summed E-state index contributed by atoms with van der Waals surface area (Å²) in [6.07, 6.45) is 0.515. The quantitative estimate of drug-likeness (QED) is 0.153. The fourth-order valence-electron chi connectivity index (χ4n) is 5.00. The molecule has 5 rings (SSSR count). The van der Waals surface area contributed by atoms with E-state index in [9.17, 15) is 14.7 Å². The summed E-state index contributed by atoms with van der Waals surface area (Å²) in [4.78, 5) is 28.2. The van der Waals surface area contributed by atoms with Crippen LogP contribution in [0.4, 0.5) is 0 Å². The number of nitrogens with zero attached hydrogens (tertiary/aromatic N) is 1. The molecular weight excluding hydrogens is 526 g/mol. The predicted octanol–water partition coefficient (Wildman–Crippen LogP) is 4.89. The largest absolute Gasteiger partial charge is 0.507 e. The molecule has 214 valence electrons. The summed E-state index contributed by atoms with van der Waals surface area (Å²) in [6.45, 7) is 4.08. The number of rotatable bonds is 11. The van der Waals surface area contributed by atoms with Gasteiger partial charge in [0.05, 0.1) is 18.2 Å². The van der Waals surface area contributed by atoms with E-state index < -0.39 is 17.7 Å². The second kappa shape index (κ2) is 12.8. The molecule has 0 unspecified atom stereocenters. The van der Waals surface area contributed by atoms with Crippen molar-refractivity contribution in [1.29, 1.82) is 0 Å². The number of hydrogen-bond donors (Lipinski definition) is 1. The first-order chi connectivity index (χ1) is 20.0. The fraction of sp³-hybridized carbons (Fsp3) is 0.312. The maximum Gasteiger partial charge on any atom is 0.295 e. The molecule has 2 aliphatic heterocycles. The van der Waals surface area contributed by atoms with Crippen LogP contribution in [0.25, 0.3) is 5.76 Å². The summed E-state index contributed by atoms with van der Waals surface area (Å²) in [5.41, 5.74) is 1.95. The van der Waals surface area contributed by atoms with E-state index in [1.165, 1.54) is 4.90 Å². The van der Waals surface area contributed by atoms with Crippen molar-refractivity contribution in [2.75, 3.05) is 40.1 Å². The number of aliphatic hydroxyl groups is 1. The van der Waals surface area contributed by atoms with Crippen LogP contribution in [0.2, 0.25) is 0 Å². The number of aliphatic hydroxyl groups excluding tert-OH is 1. The smallest absolute Gasteiger partial charge is 0.295 e. The van der Waals surface area contributed by atoms with E-state index in [2.05, 4.69) is 0 Å². The molecule has 1 saturated heterocycles. The van der Waals surface area contributed by atoms with Crippen LogP contribution >= 0.6 is 0 Å². The average molecular weight is 560 g/mol. The SMILES string of the molecule is CCOc1cc([C@@H]2/C(=C(\O)c3ccc4c(c3)OCCO4)C(=O)C(=O)N2CCCOC)ccc1OCc1ccccc1. The topological polar surface area (TPSA) is 104 Å². The number of likely N-dealkylation sites (tertiary alicyclic amines) is 1. The van der Waals surface area contributed by atoms with E-state index in [-0.39, 0.29) is 17.9 Å². The predicted molar refractivity (Wildman–Crippen MR) is 151 cm³/mol. The fourth-order valence-corrected chi connectivity index (χ4v) is 5.00. The Hall–Kier alpha value is -4.50. The first-order valence-electron chi connectivity index (χ1n) is 13.6. The number of carbonyl (C=O) groups is 2. The van der Waals surface area contributed by atoms with Crippen LogP contribution in [-0.2, 0) is 20.9 Å². The molecule has 41 heavy (non-hydrogen) atoms.